The number of nitrogens with zero attached hydrogens (tertiary/aromatic N) is 3. The van der Waals surface area contributed by atoms with Crippen molar-refractivity contribution in [3.63, 3.8) is 0 Å². The first-order valence-electron chi connectivity index (χ1n) is 12.3. The van der Waals surface area contributed by atoms with Crippen LogP contribution in [-0.2, 0) is 4.74 Å². The van der Waals surface area contributed by atoms with Crippen LogP contribution < -0.4 is 14.8 Å². The predicted molar refractivity (Wildman–Crippen MR) is 137 cm³/mol. The van der Waals surface area contributed by atoms with E-state index in [2.05, 4.69) is 26.1 Å². The molecule has 3 heterocycles. The summed E-state index contributed by atoms with van der Waals surface area (Å²) in [7, 11) is 1.65. The van der Waals surface area contributed by atoms with Gasteiger partial charge in [0.2, 0.25) is 0 Å². The highest BCUT2D eigenvalue weighted by atomic mass is 16.5. The molecule has 1 N–H and O–H groups in total. The van der Waals surface area contributed by atoms with Gasteiger partial charge in [-0.1, -0.05) is 12.0 Å². The number of ether oxygens (including phenoxy) is 3. The Hall–Kier alpha value is -3.34. The fraction of sp³-hybridized carbons (Fsp3) is 0.429. The van der Waals surface area contributed by atoms with E-state index in [0.717, 1.165) is 48.3 Å². The van der Waals surface area contributed by atoms with Crippen LogP contribution in [0.4, 0.5) is 11.5 Å². The van der Waals surface area contributed by atoms with Gasteiger partial charge in [-0.3, -0.25) is 0 Å². The van der Waals surface area contributed by atoms with E-state index in [1.807, 2.05) is 36.4 Å². The van der Waals surface area contributed by atoms with Crippen LogP contribution >= 0.6 is 0 Å². The smallest absolute Gasteiger partial charge is 0.162 e. The van der Waals surface area contributed by atoms with Crippen molar-refractivity contribution in [1.82, 2.24) is 14.9 Å². The van der Waals surface area contributed by atoms with E-state index in [0.29, 0.717) is 29.3 Å². The van der Waals surface area contributed by atoms with Gasteiger partial charge in [0.25, 0.3) is 0 Å². The van der Waals surface area contributed by atoms with E-state index >= 15 is 0 Å². The number of anilines is 2. The van der Waals surface area contributed by atoms with Crippen molar-refractivity contribution in [3.05, 3.63) is 48.3 Å². The lowest BCUT2D eigenvalue weighted by atomic mass is 9.80. The van der Waals surface area contributed by atoms with E-state index in [4.69, 9.17) is 20.6 Å². The molecule has 5 rings (SSSR count). The molecule has 182 valence electrons. The van der Waals surface area contributed by atoms with Gasteiger partial charge >= 0.3 is 0 Å². The second-order valence-corrected chi connectivity index (χ2v) is 9.43. The van der Waals surface area contributed by atoms with Crippen LogP contribution in [0.3, 0.4) is 0 Å². The molecule has 0 amide bonds. The number of methoxy groups -OCH3 is 1. The summed E-state index contributed by atoms with van der Waals surface area (Å²) < 4.78 is 17.4. The lowest BCUT2D eigenvalue weighted by molar-refractivity contribution is 0.0192. The van der Waals surface area contributed by atoms with Gasteiger partial charge in [0.05, 0.1) is 19.2 Å². The summed E-state index contributed by atoms with van der Waals surface area (Å²) in [5.74, 6) is 4.71. The number of fused-ring (bicyclic) bond motifs is 1. The molecule has 2 fully saturated rings. The van der Waals surface area contributed by atoms with Crippen molar-refractivity contribution in [3.8, 4) is 23.8 Å². The fourth-order valence-corrected chi connectivity index (χ4v) is 5.16. The zero-order valence-corrected chi connectivity index (χ0v) is 20.3. The Morgan fingerprint density at radius 3 is 2.86 bits per heavy atom. The van der Waals surface area contributed by atoms with Crippen molar-refractivity contribution >= 4 is 22.4 Å². The maximum absolute atomic E-state index is 6.19. The highest BCUT2D eigenvalue weighted by molar-refractivity contribution is 5.93. The van der Waals surface area contributed by atoms with E-state index < -0.39 is 0 Å². The van der Waals surface area contributed by atoms with Crippen LogP contribution in [0.5, 0.6) is 11.5 Å². The Kier molecular flexibility index (Phi) is 7.03. The van der Waals surface area contributed by atoms with Gasteiger partial charge < -0.3 is 24.4 Å². The van der Waals surface area contributed by atoms with Crippen LogP contribution in [0, 0.1) is 17.8 Å². The minimum absolute atomic E-state index is 0.476. The van der Waals surface area contributed by atoms with Crippen LogP contribution in [0.15, 0.2) is 42.7 Å². The molecule has 2 aliphatic rings. The number of aromatic nitrogens is 2. The van der Waals surface area contributed by atoms with E-state index in [1.54, 1.807) is 7.11 Å². The monoisotopic (exact) mass is 472 g/mol. The molecule has 2 saturated heterocycles. The van der Waals surface area contributed by atoms with E-state index in [1.165, 1.54) is 38.7 Å². The molecule has 1 aromatic heterocycles. The lowest BCUT2D eigenvalue weighted by Crippen LogP contribution is -2.33. The van der Waals surface area contributed by atoms with Crippen LogP contribution in [0.1, 0.15) is 31.2 Å². The summed E-state index contributed by atoms with van der Waals surface area (Å²) in [6, 6.07) is 11.5. The van der Waals surface area contributed by atoms with Gasteiger partial charge in [0.15, 0.2) is 11.5 Å². The molecule has 1 spiro atoms. The number of hydrogen-bond acceptors (Lipinski definition) is 7. The molecule has 7 heteroatoms. The predicted octanol–water partition coefficient (Wildman–Crippen LogP) is 4.63. The Labute approximate surface area is 206 Å². The molecule has 0 bridgehead atoms. The minimum Gasteiger partial charge on any atom is -0.493 e. The first-order chi connectivity index (χ1) is 17.2. The topological polar surface area (TPSA) is 68.7 Å². The van der Waals surface area contributed by atoms with E-state index in [-0.39, 0.29) is 0 Å². The lowest BCUT2D eigenvalue weighted by Gasteiger charge is -2.33. The maximum atomic E-state index is 6.19. The van der Waals surface area contributed by atoms with Gasteiger partial charge in [-0.15, -0.1) is 6.42 Å². The third kappa shape index (κ3) is 5.34. The number of terminal acetylenes is 1. The molecule has 35 heavy (non-hydrogen) atoms. The van der Waals surface area contributed by atoms with Crippen LogP contribution in [0.2, 0.25) is 0 Å². The first-order valence-corrected chi connectivity index (χ1v) is 12.3. The van der Waals surface area contributed by atoms with Crippen molar-refractivity contribution in [1.29, 1.82) is 0 Å². The molecular weight excluding hydrogens is 440 g/mol. The van der Waals surface area contributed by atoms with Gasteiger partial charge in [-0.25, -0.2) is 9.97 Å². The van der Waals surface area contributed by atoms with Crippen molar-refractivity contribution in [2.75, 3.05) is 51.9 Å². The standard InChI is InChI=1S/C28H32N4O3/c1-3-21-6-4-7-22(16-21)31-27-23-17-26(25(33-2)18-24(23)29-20-30-27)35-13-5-11-32-12-8-28(19-32)9-14-34-15-10-28/h1,4,6-7,16-18,20H,5,8-15,19H2,2H3,(H,29,30,31). The van der Waals surface area contributed by atoms with Crippen molar-refractivity contribution in [2.45, 2.75) is 25.7 Å². The Bertz CT molecular complexity index is 1220. The Morgan fingerprint density at radius 1 is 1.14 bits per heavy atom. The first kappa shape index (κ1) is 23.4. The number of rotatable bonds is 8. The number of hydrogen-bond donors (Lipinski definition) is 1. The normalized spacial score (nSPS) is 17.4. The molecule has 7 nitrogen and oxygen atoms in total. The molecule has 0 radical (unpaired) electrons. The molecule has 3 aromatic rings. The highest BCUT2D eigenvalue weighted by Gasteiger charge is 2.38. The van der Waals surface area contributed by atoms with E-state index in [9.17, 15) is 0 Å². The third-order valence-electron chi connectivity index (χ3n) is 7.16. The summed E-state index contributed by atoms with van der Waals surface area (Å²) in [4.78, 5) is 11.5. The average Bonchev–Trinajstić information content (AvgIpc) is 3.28. The molecule has 2 aromatic carbocycles. The summed E-state index contributed by atoms with van der Waals surface area (Å²) in [5, 5.41) is 4.22. The van der Waals surface area contributed by atoms with Gasteiger partial charge in [0.1, 0.15) is 12.1 Å². The summed E-state index contributed by atoms with van der Waals surface area (Å²) >= 11 is 0. The van der Waals surface area contributed by atoms with Crippen molar-refractivity contribution < 1.29 is 14.2 Å². The fourth-order valence-electron chi connectivity index (χ4n) is 5.16. The maximum Gasteiger partial charge on any atom is 0.162 e. The molecule has 0 atom stereocenters. The van der Waals surface area contributed by atoms with Crippen LogP contribution in [-0.4, -0.2) is 61.4 Å². The largest absolute Gasteiger partial charge is 0.493 e. The molecule has 0 aliphatic carbocycles. The molecular formula is C28H32N4O3. The van der Waals surface area contributed by atoms with Crippen LogP contribution in [0.25, 0.3) is 10.9 Å². The van der Waals surface area contributed by atoms with Crippen molar-refractivity contribution in [2.24, 2.45) is 5.41 Å². The minimum atomic E-state index is 0.476. The summed E-state index contributed by atoms with van der Waals surface area (Å²) in [6.45, 7) is 5.84. The third-order valence-corrected chi connectivity index (χ3v) is 7.16. The zero-order valence-electron chi connectivity index (χ0n) is 20.3. The summed E-state index contributed by atoms with van der Waals surface area (Å²) in [6.07, 6.45) is 11.7. The number of benzene rings is 2. The highest BCUT2D eigenvalue weighted by Crippen LogP contribution is 2.40. The zero-order chi connectivity index (χ0) is 24.1. The number of likely N-dealkylation sites (tertiary alicyclic amines) is 1. The molecule has 2 aliphatic heterocycles. The molecule has 0 unspecified atom stereocenters. The number of nitrogens with one attached hydrogen (secondary N) is 1. The second kappa shape index (κ2) is 10.5. The molecule has 0 saturated carbocycles. The quantitative estimate of drug-likeness (QED) is 0.379. The SMILES string of the molecule is C#Cc1cccc(Nc2ncnc3cc(OC)c(OCCCN4CCC5(CCOCC5)C4)cc23)c1. The second-order valence-electron chi connectivity index (χ2n) is 9.43. The Balaban J connectivity index is 1.25. The van der Waals surface area contributed by atoms with Gasteiger partial charge in [-0.05, 0) is 61.9 Å². The van der Waals surface area contributed by atoms with Gasteiger partial charge in [0, 0.05) is 49.0 Å². The average molecular weight is 473 g/mol. The Morgan fingerprint density at radius 2 is 2.03 bits per heavy atom. The van der Waals surface area contributed by atoms with Gasteiger partial charge in [-0.2, -0.15) is 0 Å². The summed E-state index contributed by atoms with van der Waals surface area (Å²) in [5.41, 5.74) is 2.93.